The zero-order valence-electron chi connectivity index (χ0n) is 14.6. The summed E-state index contributed by atoms with van der Waals surface area (Å²) >= 11 is 0. The quantitative estimate of drug-likeness (QED) is 0.846. The summed E-state index contributed by atoms with van der Waals surface area (Å²) < 4.78 is 6.15. The molecule has 0 saturated carbocycles. The number of aromatic nitrogens is 1. The van der Waals surface area contributed by atoms with E-state index in [1.165, 1.54) is 0 Å². The van der Waals surface area contributed by atoms with Gasteiger partial charge in [0.2, 0.25) is 11.8 Å². The van der Waals surface area contributed by atoms with Crippen LogP contribution in [0.2, 0.25) is 0 Å². The number of pyridine rings is 1. The molecule has 1 aromatic heterocycles. The van der Waals surface area contributed by atoms with Crippen LogP contribution in [-0.2, 0) is 20.9 Å². The van der Waals surface area contributed by atoms with Crippen molar-refractivity contribution in [1.82, 2.24) is 9.88 Å². The minimum Gasteiger partial charge on any atom is -0.360 e. The molecule has 5 rings (SSSR count). The lowest BCUT2D eigenvalue weighted by Crippen LogP contribution is -2.41. The monoisotopic (exact) mass is 361 g/mol. The van der Waals surface area contributed by atoms with Gasteiger partial charge < -0.3 is 15.0 Å². The predicted molar refractivity (Wildman–Crippen MR) is 98.4 cm³/mol. The van der Waals surface area contributed by atoms with Crippen molar-refractivity contribution in [3.05, 3.63) is 72.6 Å². The third-order valence-corrected chi connectivity index (χ3v) is 5.65. The van der Waals surface area contributed by atoms with E-state index in [0.29, 0.717) is 13.1 Å². The van der Waals surface area contributed by atoms with Crippen LogP contribution in [0, 0.1) is 11.8 Å². The summed E-state index contributed by atoms with van der Waals surface area (Å²) in [5.41, 5.74) is 1.05. The Bertz CT molecular complexity index is 915. The summed E-state index contributed by atoms with van der Waals surface area (Å²) in [5.74, 6) is -1.17. The predicted octanol–water partition coefficient (Wildman–Crippen LogP) is 2.00. The van der Waals surface area contributed by atoms with Gasteiger partial charge in [-0.15, -0.1) is 0 Å². The number of carbonyl (C=O) groups excluding carboxylic acids is 2. The molecule has 2 aromatic rings. The maximum absolute atomic E-state index is 13.2. The van der Waals surface area contributed by atoms with Crippen molar-refractivity contribution in [2.24, 2.45) is 11.8 Å². The summed E-state index contributed by atoms with van der Waals surface area (Å²) in [4.78, 5) is 31.9. The van der Waals surface area contributed by atoms with Gasteiger partial charge in [-0.25, -0.2) is 0 Å². The number of ether oxygens (including phenoxy) is 1. The van der Waals surface area contributed by atoms with Crippen LogP contribution in [0.15, 0.2) is 67.0 Å². The van der Waals surface area contributed by atoms with E-state index in [1.807, 2.05) is 54.6 Å². The average molecular weight is 361 g/mol. The number of hydrogen-bond donors (Lipinski definition) is 1. The largest absolute Gasteiger partial charge is 0.360 e. The second-order valence-corrected chi connectivity index (χ2v) is 7.31. The fourth-order valence-electron chi connectivity index (χ4n) is 4.47. The molecule has 2 saturated heterocycles. The number of para-hydroxylation sites is 1. The Kier molecular flexibility index (Phi) is 3.62. The normalized spacial score (nSPS) is 30.6. The van der Waals surface area contributed by atoms with Crippen molar-refractivity contribution >= 4 is 17.5 Å². The smallest absolute Gasteiger partial charge is 0.231 e. The van der Waals surface area contributed by atoms with Crippen molar-refractivity contribution < 1.29 is 14.3 Å². The number of fused-ring (bicyclic) bond motifs is 1. The molecule has 0 unspecified atom stereocenters. The van der Waals surface area contributed by atoms with Crippen LogP contribution in [0.5, 0.6) is 0 Å². The molecule has 1 aromatic carbocycles. The van der Waals surface area contributed by atoms with Gasteiger partial charge in [0, 0.05) is 24.6 Å². The first-order valence-electron chi connectivity index (χ1n) is 9.07. The fraction of sp³-hybridized carbons (Fsp3) is 0.286. The SMILES string of the molecule is O=C(Nc1ccccc1)[C@@H]1[C@H]2C=C[C@]3(CN(Cc4ccncc4)C(=O)[C@@H]13)O2. The highest BCUT2D eigenvalue weighted by Gasteiger charge is 2.66. The maximum atomic E-state index is 13.2. The van der Waals surface area contributed by atoms with E-state index in [1.54, 1.807) is 17.3 Å². The number of carbonyl (C=O) groups is 2. The molecular weight excluding hydrogens is 342 g/mol. The van der Waals surface area contributed by atoms with Gasteiger partial charge in [-0.3, -0.25) is 14.6 Å². The van der Waals surface area contributed by atoms with Gasteiger partial charge in [-0.05, 0) is 29.8 Å². The van der Waals surface area contributed by atoms with Crippen molar-refractivity contribution in [2.75, 3.05) is 11.9 Å². The molecule has 1 N–H and O–H groups in total. The van der Waals surface area contributed by atoms with Crippen molar-refractivity contribution in [2.45, 2.75) is 18.2 Å². The summed E-state index contributed by atoms with van der Waals surface area (Å²) in [6.45, 7) is 0.968. The first-order valence-corrected chi connectivity index (χ1v) is 9.07. The lowest BCUT2D eigenvalue weighted by Gasteiger charge is -2.23. The minimum absolute atomic E-state index is 0.0214. The van der Waals surface area contributed by atoms with E-state index in [9.17, 15) is 9.59 Å². The summed E-state index contributed by atoms with van der Waals surface area (Å²) in [6, 6.07) is 13.1. The second-order valence-electron chi connectivity index (χ2n) is 7.31. The van der Waals surface area contributed by atoms with E-state index in [4.69, 9.17) is 4.74 Å². The van der Waals surface area contributed by atoms with Gasteiger partial charge in [0.05, 0.1) is 24.5 Å². The number of rotatable bonds is 4. The summed E-state index contributed by atoms with van der Waals surface area (Å²) in [5, 5.41) is 2.93. The zero-order valence-corrected chi connectivity index (χ0v) is 14.6. The number of likely N-dealkylation sites (tertiary alicyclic amines) is 1. The standard InChI is InChI=1S/C21H19N3O3/c25-19(23-15-4-2-1-3-5-15)17-16-6-9-21(27-16)13-24(20(26)18(17)21)12-14-7-10-22-11-8-14/h1-11,16-18H,12-13H2,(H,23,25)/t16-,17-,18-,21-/m1/s1. The van der Waals surface area contributed by atoms with Gasteiger partial charge in [-0.2, -0.15) is 0 Å². The van der Waals surface area contributed by atoms with Gasteiger partial charge in [-0.1, -0.05) is 30.4 Å². The Morgan fingerprint density at radius 1 is 1.22 bits per heavy atom. The van der Waals surface area contributed by atoms with Crippen LogP contribution in [0.25, 0.3) is 0 Å². The molecule has 3 aliphatic heterocycles. The third kappa shape index (κ3) is 2.56. The van der Waals surface area contributed by atoms with Crippen LogP contribution in [0.3, 0.4) is 0 Å². The highest BCUT2D eigenvalue weighted by molar-refractivity contribution is 5.99. The van der Waals surface area contributed by atoms with Gasteiger partial charge in [0.15, 0.2) is 0 Å². The first kappa shape index (κ1) is 16.2. The van der Waals surface area contributed by atoms with Gasteiger partial charge >= 0.3 is 0 Å². The molecule has 0 radical (unpaired) electrons. The maximum Gasteiger partial charge on any atom is 0.231 e. The number of nitrogens with zero attached hydrogens (tertiary/aromatic N) is 2. The van der Waals surface area contributed by atoms with Crippen molar-refractivity contribution in [1.29, 1.82) is 0 Å². The topological polar surface area (TPSA) is 71.5 Å². The molecule has 6 heteroatoms. The Morgan fingerprint density at radius 3 is 2.78 bits per heavy atom. The molecule has 6 nitrogen and oxygen atoms in total. The molecule has 1 spiro atoms. The lowest BCUT2D eigenvalue weighted by atomic mass is 9.77. The molecule has 3 aliphatic rings. The van der Waals surface area contributed by atoms with Crippen molar-refractivity contribution in [3.63, 3.8) is 0 Å². The van der Waals surface area contributed by atoms with Crippen LogP contribution in [0.1, 0.15) is 5.56 Å². The second kappa shape index (κ2) is 6.03. The molecule has 4 heterocycles. The number of benzene rings is 1. The van der Waals surface area contributed by atoms with E-state index in [0.717, 1.165) is 11.3 Å². The highest BCUT2D eigenvalue weighted by atomic mass is 16.5. The Morgan fingerprint density at radius 2 is 2.00 bits per heavy atom. The van der Waals surface area contributed by atoms with Crippen LogP contribution in [0.4, 0.5) is 5.69 Å². The molecule has 2 fully saturated rings. The van der Waals surface area contributed by atoms with E-state index >= 15 is 0 Å². The molecule has 27 heavy (non-hydrogen) atoms. The Labute approximate surface area is 156 Å². The molecule has 4 atom stereocenters. The molecule has 136 valence electrons. The van der Waals surface area contributed by atoms with Crippen molar-refractivity contribution in [3.8, 4) is 0 Å². The number of amides is 2. The van der Waals surface area contributed by atoms with Crippen LogP contribution < -0.4 is 5.32 Å². The fourth-order valence-corrected chi connectivity index (χ4v) is 4.47. The minimum atomic E-state index is -0.687. The average Bonchev–Trinajstić information content (AvgIpc) is 3.32. The third-order valence-electron chi connectivity index (χ3n) is 5.65. The van der Waals surface area contributed by atoms with Gasteiger partial charge in [0.25, 0.3) is 0 Å². The summed E-state index contributed by atoms with van der Waals surface area (Å²) in [6.07, 6.45) is 6.99. The Balaban J connectivity index is 1.39. The van der Waals surface area contributed by atoms with E-state index in [-0.39, 0.29) is 17.9 Å². The molecule has 2 bridgehead atoms. The first-order chi connectivity index (χ1) is 13.2. The zero-order chi connectivity index (χ0) is 18.4. The number of anilines is 1. The van der Waals surface area contributed by atoms with E-state index in [2.05, 4.69) is 10.3 Å². The van der Waals surface area contributed by atoms with Crippen LogP contribution in [-0.4, -0.2) is 39.9 Å². The molecule has 2 amide bonds. The number of hydrogen-bond acceptors (Lipinski definition) is 4. The molecular formula is C21H19N3O3. The lowest BCUT2D eigenvalue weighted by molar-refractivity contribution is -0.136. The van der Waals surface area contributed by atoms with Gasteiger partial charge in [0.1, 0.15) is 5.60 Å². The molecule has 0 aliphatic carbocycles. The van der Waals surface area contributed by atoms with E-state index < -0.39 is 17.4 Å². The summed E-state index contributed by atoms with van der Waals surface area (Å²) in [7, 11) is 0. The Hall–Kier alpha value is -2.99. The number of nitrogens with one attached hydrogen (secondary N) is 1. The van der Waals surface area contributed by atoms with Crippen LogP contribution >= 0.6 is 0 Å². The highest BCUT2D eigenvalue weighted by Crippen LogP contribution is 2.52.